The van der Waals surface area contributed by atoms with E-state index in [1.165, 1.54) is 0 Å². The monoisotopic (exact) mass is 178 g/mol. The molecule has 3 nitrogen and oxygen atoms in total. The predicted octanol–water partition coefficient (Wildman–Crippen LogP) is -0.652. The highest BCUT2D eigenvalue weighted by molar-refractivity contribution is 6.58. The van der Waals surface area contributed by atoms with Crippen LogP contribution in [-0.2, 0) is 5.60 Å². The molecule has 0 spiro atoms. The van der Waals surface area contributed by atoms with Crippen LogP contribution in [0, 0.1) is 0 Å². The lowest BCUT2D eigenvalue weighted by atomic mass is 9.79. The van der Waals surface area contributed by atoms with Crippen molar-refractivity contribution in [2.45, 2.75) is 18.4 Å². The lowest BCUT2D eigenvalue weighted by Gasteiger charge is -2.09. The molecule has 0 amide bonds. The molecule has 1 aromatic rings. The van der Waals surface area contributed by atoms with Crippen molar-refractivity contribution in [3.05, 3.63) is 29.8 Å². The van der Waals surface area contributed by atoms with Gasteiger partial charge in [-0.3, -0.25) is 0 Å². The van der Waals surface area contributed by atoms with Crippen LogP contribution in [-0.4, -0.2) is 22.3 Å². The molecule has 0 atom stereocenters. The summed E-state index contributed by atoms with van der Waals surface area (Å²) in [4.78, 5) is 0. The summed E-state index contributed by atoms with van der Waals surface area (Å²) in [5, 5.41) is 27.6. The van der Waals surface area contributed by atoms with E-state index in [1.807, 2.05) is 0 Å². The summed E-state index contributed by atoms with van der Waals surface area (Å²) in [6, 6.07) is 6.79. The van der Waals surface area contributed by atoms with E-state index in [9.17, 15) is 5.11 Å². The van der Waals surface area contributed by atoms with Gasteiger partial charge in [0.1, 0.15) is 0 Å². The quantitative estimate of drug-likeness (QED) is 0.527. The van der Waals surface area contributed by atoms with E-state index >= 15 is 0 Å². The summed E-state index contributed by atoms with van der Waals surface area (Å²) < 4.78 is 0. The van der Waals surface area contributed by atoms with Gasteiger partial charge in [0.2, 0.25) is 0 Å². The summed E-state index contributed by atoms with van der Waals surface area (Å²) >= 11 is 0. The van der Waals surface area contributed by atoms with E-state index < -0.39 is 12.7 Å². The van der Waals surface area contributed by atoms with E-state index in [2.05, 4.69) is 0 Å². The minimum atomic E-state index is -1.46. The Morgan fingerprint density at radius 1 is 1.23 bits per heavy atom. The van der Waals surface area contributed by atoms with Crippen LogP contribution < -0.4 is 5.46 Å². The number of hydrogen-bond acceptors (Lipinski definition) is 3. The molecule has 1 aromatic carbocycles. The molecular weight excluding hydrogens is 167 g/mol. The summed E-state index contributed by atoms with van der Waals surface area (Å²) in [6.07, 6.45) is 1.52. The first-order valence-corrected chi connectivity index (χ1v) is 4.31. The van der Waals surface area contributed by atoms with Crippen molar-refractivity contribution in [1.29, 1.82) is 0 Å². The zero-order valence-electron chi connectivity index (χ0n) is 7.14. The van der Waals surface area contributed by atoms with E-state index in [1.54, 1.807) is 24.3 Å². The molecule has 1 aliphatic rings. The third-order valence-electron chi connectivity index (χ3n) is 2.45. The largest absolute Gasteiger partial charge is 0.488 e. The zero-order valence-corrected chi connectivity index (χ0v) is 7.14. The molecule has 0 aliphatic heterocycles. The maximum Gasteiger partial charge on any atom is 0.488 e. The predicted molar refractivity (Wildman–Crippen MR) is 49.4 cm³/mol. The van der Waals surface area contributed by atoms with Gasteiger partial charge in [-0.1, -0.05) is 24.3 Å². The van der Waals surface area contributed by atoms with Crippen LogP contribution >= 0.6 is 0 Å². The van der Waals surface area contributed by atoms with Gasteiger partial charge in [0.05, 0.1) is 5.60 Å². The van der Waals surface area contributed by atoms with E-state index in [4.69, 9.17) is 10.0 Å². The maximum atomic E-state index is 9.74. The SMILES string of the molecule is OB(O)c1cccc(C2(O)CC2)c1. The number of aliphatic hydroxyl groups is 1. The smallest absolute Gasteiger partial charge is 0.423 e. The first-order valence-electron chi connectivity index (χ1n) is 4.31. The molecular formula is C9H11BO3. The number of benzene rings is 1. The van der Waals surface area contributed by atoms with Crippen LogP contribution in [0.2, 0.25) is 0 Å². The van der Waals surface area contributed by atoms with Crippen LogP contribution in [0.1, 0.15) is 18.4 Å². The van der Waals surface area contributed by atoms with Crippen LogP contribution in [0.4, 0.5) is 0 Å². The van der Waals surface area contributed by atoms with Crippen LogP contribution in [0.5, 0.6) is 0 Å². The van der Waals surface area contributed by atoms with Crippen molar-refractivity contribution in [3.63, 3.8) is 0 Å². The van der Waals surface area contributed by atoms with Crippen LogP contribution in [0.25, 0.3) is 0 Å². The third-order valence-corrected chi connectivity index (χ3v) is 2.45. The molecule has 13 heavy (non-hydrogen) atoms. The summed E-state index contributed by atoms with van der Waals surface area (Å²) in [7, 11) is -1.46. The van der Waals surface area contributed by atoms with Crippen molar-refractivity contribution in [2.24, 2.45) is 0 Å². The molecule has 0 heterocycles. The van der Waals surface area contributed by atoms with Gasteiger partial charge in [0.25, 0.3) is 0 Å². The van der Waals surface area contributed by atoms with Crippen molar-refractivity contribution in [2.75, 3.05) is 0 Å². The molecule has 0 bridgehead atoms. The average molecular weight is 178 g/mol. The standard InChI is InChI=1S/C9H11BO3/c11-9(4-5-9)7-2-1-3-8(6-7)10(12)13/h1-3,6,11-13H,4-5H2. The fraction of sp³-hybridized carbons (Fsp3) is 0.333. The minimum absolute atomic E-state index is 0.429. The Morgan fingerprint density at radius 3 is 2.46 bits per heavy atom. The highest BCUT2D eigenvalue weighted by atomic mass is 16.4. The van der Waals surface area contributed by atoms with Crippen molar-refractivity contribution in [3.8, 4) is 0 Å². The Bertz CT molecular complexity index is 320. The van der Waals surface area contributed by atoms with Gasteiger partial charge in [0.15, 0.2) is 0 Å². The van der Waals surface area contributed by atoms with Gasteiger partial charge in [-0.15, -0.1) is 0 Å². The van der Waals surface area contributed by atoms with Crippen LogP contribution in [0.3, 0.4) is 0 Å². The van der Waals surface area contributed by atoms with Gasteiger partial charge >= 0.3 is 7.12 Å². The van der Waals surface area contributed by atoms with Gasteiger partial charge < -0.3 is 15.2 Å². The second-order valence-corrected chi connectivity index (χ2v) is 3.53. The maximum absolute atomic E-state index is 9.74. The molecule has 0 aromatic heterocycles. The van der Waals surface area contributed by atoms with Crippen LogP contribution in [0.15, 0.2) is 24.3 Å². The Kier molecular flexibility index (Phi) is 1.91. The zero-order chi connectivity index (χ0) is 9.47. The van der Waals surface area contributed by atoms with E-state index in [0.29, 0.717) is 5.46 Å². The third kappa shape index (κ3) is 1.61. The molecule has 1 saturated carbocycles. The summed E-state index contributed by atoms with van der Waals surface area (Å²) in [6.45, 7) is 0. The Labute approximate surface area is 76.8 Å². The molecule has 1 fully saturated rings. The van der Waals surface area contributed by atoms with E-state index in [0.717, 1.165) is 18.4 Å². The normalized spacial score (nSPS) is 18.4. The van der Waals surface area contributed by atoms with Crippen molar-refractivity contribution >= 4 is 12.6 Å². The minimum Gasteiger partial charge on any atom is -0.423 e. The molecule has 4 heteroatoms. The highest BCUT2D eigenvalue weighted by Gasteiger charge is 2.42. The van der Waals surface area contributed by atoms with Crippen molar-refractivity contribution in [1.82, 2.24) is 0 Å². The summed E-state index contributed by atoms with van der Waals surface area (Å²) in [5.41, 5.74) is 0.501. The van der Waals surface area contributed by atoms with Crippen molar-refractivity contribution < 1.29 is 15.2 Å². The molecule has 3 N–H and O–H groups in total. The first-order chi connectivity index (χ1) is 6.12. The topological polar surface area (TPSA) is 60.7 Å². The highest BCUT2D eigenvalue weighted by Crippen LogP contribution is 2.44. The molecule has 2 rings (SSSR count). The Hall–Kier alpha value is -0.835. The number of rotatable bonds is 2. The fourth-order valence-corrected chi connectivity index (χ4v) is 1.40. The average Bonchev–Trinajstić information content (AvgIpc) is 2.85. The molecule has 68 valence electrons. The van der Waals surface area contributed by atoms with E-state index in [-0.39, 0.29) is 0 Å². The fourth-order valence-electron chi connectivity index (χ4n) is 1.40. The first kappa shape index (κ1) is 8.75. The molecule has 0 unspecified atom stereocenters. The van der Waals surface area contributed by atoms with Gasteiger partial charge in [-0.25, -0.2) is 0 Å². The Balaban J connectivity index is 2.33. The van der Waals surface area contributed by atoms with Gasteiger partial charge in [0, 0.05) is 0 Å². The molecule has 0 saturated heterocycles. The van der Waals surface area contributed by atoms with Gasteiger partial charge in [-0.05, 0) is 23.9 Å². The second-order valence-electron chi connectivity index (χ2n) is 3.53. The summed E-state index contributed by atoms with van der Waals surface area (Å²) in [5.74, 6) is 0. The second kappa shape index (κ2) is 2.84. The molecule has 1 aliphatic carbocycles. The Morgan fingerprint density at radius 2 is 1.92 bits per heavy atom. The lowest BCUT2D eigenvalue weighted by Crippen LogP contribution is -2.30. The molecule has 0 radical (unpaired) electrons. The van der Waals surface area contributed by atoms with Gasteiger partial charge in [-0.2, -0.15) is 0 Å². The lowest BCUT2D eigenvalue weighted by molar-refractivity contribution is 0.151. The number of hydrogen-bond donors (Lipinski definition) is 3.